The predicted octanol–water partition coefficient (Wildman–Crippen LogP) is 2.47. The van der Waals surface area contributed by atoms with Gasteiger partial charge in [-0.15, -0.1) is 0 Å². The van der Waals surface area contributed by atoms with Crippen LogP contribution in [0, 0.1) is 0 Å². The quantitative estimate of drug-likeness (QED) is 0.799. The van der Waals surface area contributed by atoms with Crippen molar-refractivity contribution in [2.75, 3.05) is 33.4 Å². The van der Waals surface area contributed by atoms with Crippen LogP contribution in [0.15, 0.2) is 24.3 Å². The molecule has 1 aromatic heterocycles. The van der Waals surface area contributed by atoms with Gasteiger partial charge in [0.15, 0.2) is 0 Å². The maximum Gasteiger partial charge on any atom is 0.407 e. The summed E-state index contributed by atoms with van der Waals surface area (Å²) in [5.74, 6) is 0. The number of carbonyl (C=O) groups excluding carboxylic acids is 1. The average molecular weight is 357 g/mol. The number of aromatic amines is 1. The summed E-state index contributed by atoms with van der Waals surface area (Å²) in [4.78, 5) is 17.3. The Bertz CT molecular complexity index is 773. The monoisotopic (exact) mass is 357 g/mol. The fraction of sp³-hybridized carbons (Fsp3) is 0.550. The van der Waals surface area contributed by atoms with Gasteiger partial charge < -0.3 is 19.8 Å². The molecule has 1 amide bonds. The summed E-state index contributed by atoms with van der Waals surface area (Å²) in [6, 6.07) is 9.44. The second kappa shape index (κ2) is 7.68. The molecule has 140 valence electrons. The zero-order valence-corrected chi connectivity index (χ0v) is 15.3. The largest absolute Gasteiger partial charge is 0.447 e. The van der Waals surface area contributed by atoms with Gasteiger partial charge in [0.25, 0.3) is 0 Å². The number of carbonyl (C=O) groups is 1. The summed E-state index contributed by atoms with van der Waals surface area (Å²) in [5, 5.41) is 4.08. The molecule has 0 spiro atoms. The second-order valence-corrected chi connectivity index (χ2v) is 7.39. The third-order valence-electron chi connectivity index (χ3n) is 5.50. The van der Waals surface area contributed by atoms with Gasteiger partial charge in [-0.3, -0.25) is 4.90 Å². The number of ether oxygens (including phenoxy) is 2. The number of alkyl carbamates (subject to hydrolysis) is 1. The fourth-order valence-electron chi connectivity index (χ4n) is 4.18. The topological polar surface area (TPSA) is 66.6 Å². The number of rotatable bonds is 7. The molecule has 2 aliphatic heterocycles. The number of nitrogens with zero attached hydrogens (tertiary/aromatic N) is 1. The molecule has 0 saturated carbocycles. The highest BCUT2D eigenvalue weighted by Gasteiger charge is 2.25. The van der Waals surface area contributed by atoms with E-state index in [1.165, 1.54) is 41.5 Å². The molecule has 6 nitrogen and oxygen atoms in total. The molecule has 2 atom stereocenters. The first-order valence-corrected chi connectivity index (χ1v) is 9.48. The first kappa shape index (κ1) is 17.4. The highest BCUT2D eigenvalue weighted by Crippen LogP contribution is 2.24. The number of fused-ring (bicyclic) bond motifs is 1. The van der Waals surface area contributed by atoms with Crippen LogP contribution >= 0.6 is 0 Å². The lowest BCUT2D eigenvalue weighted by atomic mass is 10.0. The summed E-state index contributed by atoms with van der Waals surface area (Å²) in [6.45, 7) is 3.44. The van der Waals surface area contributed by atoms with Crippen LogP contribution in [-0.2, 0) is 22.3 Å². The maximum atomic E-state index is 11.2. The van der Waals surface area contributed by atoms with E-state index in [9.17, 15) is 4.79 Å². The van der Waals surface area contributed by atoms with E-state index < -0.39 is 0 Å². The number of likely N-dealkylation sites (tertiary alicyclic amines) is 1. The van der Waals surface area contributed by atoms with Crippen LogP contribution < -0.4 is 5.32 Å². The van der Waals surface area contributed by atoms with Crippen LogP contribution in [0.2, 0.25) is 0 Å². The minimum atomic E-state index is -0.311. The van der Waals surface area contributed by atoms with Crippen molar-refractivity contribution in [2.45, 2.75) is 37.8 Å². The lowest BCUT2D eigenvalue weighted by Crippen LogP contribution is -2.33. The molecule has 2 N–H and O–H groups in total. The van der Waals surface area contributed by atoms with Crippen LogP contribution in [0.4, 0.5) is 4.79 Å². The van der Waals surface area contributed by atoms with E-state index in [-0.39, 0.29) is 12.1 Å². The molecular weight excluding hydrogens is 330 g/mol. The van der Waals surface area contributed by atoms with Gasteiger partial charge in [-0.25, -0.2) is 4.79 Å². The lowest BCUT2D eigenvalue weighted by molar-refractivity contribution is 0.140. The minimum Gasteiger partial charge on any atom is -0.447 e. The fourth-order valence-corrected chi connectivity index (χ4v) is 4.18. The summed E-state index contributed by atoms with van der Waals surface area (Å²) in [7, 11) is 1.77. The van der Waals surface area contributed by atoms with E-state index in [0.29, 0.717) is 12.6 Å². The van der Waals surface area contributed by atoms with Gasteiger partial charge in [-0.1, -0.05) is 6.07 Å². The molecule has 2 fully saturated rings. The normalized spacial score (nSPS) is 23.5. The lowest BCUT2D eigenvalue weighted by Gasteiger charge is -2.23. The van der Waals surface area contributed by atoms with Crippen LogP contribution in [0.25, 0.3) is 10.9 Å². The minimum absolute atomic E-state index is 0.0752. The van der Waals surface area contributed by atoms with Crippen molar-refractivity contribution >= 4 is 17.0 Å². The number of nitrogens with one attached hydrogen (secondary N) is 2. The summed E-state index contributed by atoms with van der Waals surface area (Å²) in [5.41, 5.74) is 3.70. The van der Waals surface area contributed by atoms with Crippen molar-refractivity contribution < 1.29 is 14.3 Å². The highest BCUT2D eigenvalue weighted by atomic mass is 16.6. The number of hydrogen-bond donors (Lipinski definition) is 2. The van der Waals surface area contributed by atoms with Crippen LogP contribution in [0.5, 0.6) is 0 Å². The van der Waals surface area contributed by atoms with Crippen molar-refractivity contribution in [1.29, 1.82) is 0 Å². The molecule has 26 heavy (non-hydrogen) atoms. The smallest absolute Gasteiger partial charge is 0.407 e. The Morgan fingerprint density at radius 2 is 2.23 bits per heavy atom. The average Bonchev–Trinajstić information content (AvgIpc) is 3.33. The van der Waals surface area contributed by atoms with Crippen molar-refractivity contribution in [3.63, 3.8) is 0 Å². The Morgan fingerprint density at radius 1 is 1.31 bits per heavy atom. The van der Waals surface area contributed by atoms with Gasteiger partial charge in [0.1, 0.15) is 6.61 Å². The van der Waals surface area contributed by atoms with Crippen LogP contribution in [0.3, 0.4) is 0 Å². The summed E-state index contributed by atoms with van der Waals surface area (Å²) < 4.78 is 10.2. The van der Waals surface area contributed by atoms with E-state index in [0.717, 1.165) is 26.0 Å². The van der Waals surface area contributed by atoms with E-state index in [1.54, 1.807) is 7.11 Å². The molecule has 1 aromatic carbocycles. The van der Waals surface area contributed by atoms with Gasteiger partial charge in [0.05, 0.1) is 12.6 Å². The van der Waals surface area contributed by atoms with Gasteiger partial charge in [-0.05, 0) is 55.0 Å². The first-order valence-electron chi connectivity index (χ1n) is 9.48. The van der Waals surface area contributed by atoms with Gasteiger partial charge in [0.2, 0.25) is 0 Å². The van der Waals surface area contributed by atoms with E-state index in [2.05, 4.69) is 39.5 Å². The standard InChI is InChI=1S/C20H27N3O3/c1-25-8-7-23-6-2-3-18(23)12-16-11-15-9-14(4-5-19(15)21-16)10-17-13-26-20(24)22-17/h4-5,9,11,17-18,21H,2-3,6-8,10,12-13H2,1H3,(H,22,24)/t17-,18+/m0/s1. The zero-order valence-electron chi connectivity index (χ0n) is 15.3. The van der Waals surface area contributed by atoms with Crippen molar-refractivity contribution in [2.24, 2.45) is 0 Å². The zero-order chi connectivity index (χ0) is 17.9. The van der Waals surface area contributed by atoms with Crippen molar-refractivity contribution in [1.82, 2.24) is 15.2 Å². The van der Waals surface area contributed by atoms with Gasteiger partial charge in [0, 0.05) is 37.3 Å². The number of amides is 1. The third kappa shape index (κ3) is 3.86. The Morgan fingerprint density at radius 3 is 3.04 bits per heavy atom. The number of H-pyrrole nitrogens is 1. The Hall–Kier alpha value is -2.05. The first-order chi connectivity index (χ1) is 12.7. The Kier molecular flexibility index (Phi) is 5.13. The highest BCUT2D eigenvalue weighted by molar-refractivity contribution is 5.81. The molecule has 2 aromatic rings. The summed E-state index contributed by atoms with van der Waals surface area (Å²) >= 11 is 0. The van der Waals surface area contributed by atoms with Crippen LogP contribution in [-0.4, -0.2) is 61.5 Å². The Labute approximate surface area is 153 Å². The second-order valence-electron chi connectivity index (χ2n) is 7.39. The van der Waals surface area contributed by atoms with E-state index in [4.69, 9.17) is 9.47 Å². The number of benzene rings is 1. The van der Waals surface area contributed by atoms with Crippen LogP contribution in [0.1, 0.15) is 24.1 Å². The van der Waals surface area contributed by atoms with Crippen molar-refractivity contribution in [3.8, 4) is 0 Å². The van der Waals surface area contributed by atoms with E-state index >= 15 is 0 Å². The van der Waals surface area contributed by atoms with Crippen molar-refractivity contribution in [3.05, 3.63) is 35.5 Å². The van der Waals surface area contributed by atoms with Gasteiger partial charge in [-0.2, -0.15) is 0 Å². The number of cyclic esters (lactones) is 1. The molecule has 0 radical (unpaired) electrons. The third-order valence-corrected chi connectivity index (χ3v) is 5.50. The SMILES string of the molecule is COCCN1CCC[C@@H]1Cc1cc2cc(C[C@H]3COC(=O)N3)ccc2[nH]1. The number of methoxy groups -OCH3 is 1. The molecular formula is C20H27N3O3. The van der Waals surface area contributed by atoms with Gasteiger partial charge >= 0.3 is 6.09 Å². The molecule has 0 aliphatic carbocycles. The van der Waals surface area contributed by atoms with E-state index in [1.807, 2.05) is 0 Å². The number of aromatic nitrogens is 1. The molecule has 2 saturated heterocycles. The predicted molar refractivity (Wildman–Crippen MR) is 100 cm³/mol. The molecule has 0 unspecified atom stereocenters. The maximum absolute atomic E-state index is 11.2. The molecule has 2 aliphatic rings. The Balaban J connectivity index is 1.43. The summed E-state index contributed by atoms with van der Waals surface area (Å²) in [6.07, 6.45) is 4.07. The number of hydrogen-bond acceptors (Lipinski definition) is 4. The molecule has 0 bridgehead atoms. The molecule has 3 heterocycles. The molecule has 4 rings (SSSR count). The molecule has 6 heteroatoms.